The summed E-state index contributed by atoms with van der Waals surface area (Å²) in [5.41, 5.74) is -3.83. The zero-order valence-corrected chi connectivity index (χ0v) is 9.41. The Balaban J connectivity index is 2.82. The van der Waals surface area contributed by atoms with E-state index in [4.69, 9.17) is 0 Å². The van der Waals surface area contributed by atoms with Gasteiger partial charge >= 0.3 is 5.51 Å². The second-order valence-corrected chi connectivity index (χ2v) is 5.12. The highest BCUT2D eigenvalue weighted by Gasteiger charge is 2.30. The van der Waals surface area contributed by atoms with E-state index in [2.05, 4.69) is 9.97 Å². The first-order chi connectivity index (χ1) is 6.68. The van der Waals surface area contributed by atoms with Crippen molar-refractivity contribution in [2.75, 3.05) is 0 Å². The van der Waals surface area contributed by atoms with Gasteiger partial charge < -0.3 is 0 Å². The largest absolute Gasteiger partial charge is 0.447 e. The number of hydrogen-bond donors (Lipinski definition) is 0. The fourth-order valence-corrected chi connectivity index (χ4v) is 1.32. The van der Waals surface area contributed by atoms with E-state index in [1.165, 1.54) is 6.20 Å². The molecule has 0 spiro atoms. The highest BCUT2D eigenvalue weighted by atomic mass is 32.2. The highest BCUT2D eigenvalue weighted by Crippen LogP contribution is 2.35. The highest BCUT2D eigenvalue weighted by molar-refractivity contribution is 8.00. The van der Waals surface area contributed by atoms with Gasteiger partial charge in [0, 0.05) is 17.2 Å². The molecule has 1 aromatic heterocycles. The molecule has 0 radical (unpaired) electrons. The van der Waals surface area contributed by atoms with Crippen LogP contribution in [0.3, 0.4) is 0 Å². The lowest BCUT2D eigenvalue weighted by atomic mass is 9.93. The zero-order chi connectivity index (χ0) is 11.7. The van der Waals surface area contributed by atoms with E-state index in [0.29, 0.717) is 5.69 Å². The minimum atomic E-state index is -4.31. The van der Waals surface area contributed by atoms with Gasteiger partial charge in [-0.15, -0.1) is 0 Å². The molecule has 84 valence electrons. The van der Waals surface area contributed by atoms with Gasteiger partial charge in [0.15, 0.2) is 0 Å². The van der Waals surface area contributed by atoms with Gasteiger partial charge in [-0.2, -0.15) is 13.2 Å². The number of hydrogen-bond acceptors (Lipinski definition) is 3. The molecule has 0 saturated heterocycles. The lowest BCUT2D eigenvalue weighted by Gasteiger charge is -2.16. The summed E-state index contributed by atoms with van der Waals surface area (Å²) in [6.07, 6.45) is 2.53. The number of aromatic nitrogens is 2. The first-order valence-electron chi connectivity index (χ1n) is 4.27. The van der Waals surface area contributed by atoms with Crippen molar-refractivity contribution >= 4 is 11.8 Å². The van der Waals surface area contributed by atoms with E-state index in [9.17, 15) is 13.2 Å². The Kier molecular flexibility index (Phi) is 3.28. The van der Waals surface area contributed by atoms with Crippen molar-refractivity contribution in [1.29, 1.82) is 0 Å². The lowest BCUT2D eigenvalue weighted by molar-refractivity contribution is -0.0329. The van der Waals surface area contributed by atoms with Crippen molar-refractivity contribution in [3.63, 3.8) is 0 Å². The molecule has 0 atom stereocenters. The predicted octanol–water partition coefficient (Wildman–Crippen LogP) is 3.39. The summed E-state index contributed by atoms with van der Waals surface area (Å²) in [5.74, 6) is 0. The molecule has 0 N–H and O–H groups in total. The van der Waals surface area contributed by atoms with Crippen LogP contribution in [0.5, 0.6) is 0 Å². The molecule has 2 nitrogen and oxygen atoms in total. The number of halogens is 3. The third kappa shape index (κ3) is 4.07. The number of rotatable bonds is 1. The summed E-state index contributed by atoms with van der Waals surface area (Å²) in [5, 5.41) is -0.129. The topological polar surface area (TPSA) is 25.8 Å². The van der Waals surface area contributed by atoms with Crippen LogP contribution in [-0.4, -0.2) is 15.5 Å². The van der Waals surface area contributed by atoms with Gasteiger partial charge in [-0.3, -0.25) is 4.98 Å². The van der Waals surface area contributed by atoms with Crippen LogP contribution in [0.2, 0.25) is 0 Å². The van der Waals surface area contributed by atoms with E-state index in [1.54, 1.807) is 0 Å². The van der Waals surface area contributed by atoms with E-state index in [0.717, 1.165) is 6.20 Å². The van der Waals surface area contributed by atoms with Gasteiger partial charge in [-0.25, -0.2) is 4.98 Å². The first-order valence-corrected chi connectivity index (χ1v) is 5.08. The van der Waals surface area contributed by atoms with E-state index >= 15 is 0 Å². The van der Waals surface area contributed by atoms with Crippen LogP contribution in [0.25, 0.3) is 0 Å². The van der Waals surface area contributed by atoms with Crippen molar-refractivity contribution in [2.24, 2.45) is 0 Å². The molecule has 0 fully saturated rings. The fourth-order valence-electron chi connectivity index (χ4n) is 0.875. The van der Waals surface area contributed by atoms with Gasteiger partial charge in [0.2, 0.25) is 0 Å². The second kappa shape index (κ2) is 4.00. The van der Waals surface area contributed by atoms with E-state index in [-0.39, 0.29) is 22.2 Å². The van der Waals surface area contributed by atoms with Gasteiger partial charge in [0.05, 0.1) is 18.1 Å². The van der Waals surface area contributed by atoms with Crippen LogP contribution in [-0.2, 0) is 5.41 Å². The van der Waals surface area contributed by atoms with E-state index < -0.39 is 5.51 Å². The molecule has 6 heteroatoms. The molecule has 0 aliphatic carbocycles. The molecule has 0 saturated carbocycles. The van der Waals surface area contributed by atoms with Crippen LogP contribution in [0.4, 0.5) is 13.2 Å². The standard InChI is InChI=1S/C9H11F3N2S/c1-8(2,3)6-4-14-7(5-13-6)15-9(10,11)12/h4-5H,1-3H3. The molecule has 15 heavy (non-hydrogen) atoms. The molecular weight excluding hydrogens is 225 g/mol. The molecule has 1 heterocycles. The Morgan fingerprint density at radius 1 is 1.07 bits per heavy atom. The summed E-state index contributed by atoms with van der Waals surface area (Å²) in [4.78, 5) is 7.66. The first kappa shape index (κ1) is 12.3. The fraction of sp³-hybridized carbons (Fsp3) is 0.556. The Bertz CT molecular complexity index is 327. The van der Waals surface area contributed by atoms with Crippen LogP contribution < -0.4 is 0 Å². The molecule has 0 bridgehead atoms. The average Bonchev–Trinajstić information content (AvgIpc) is 2.00. The van der Waals surface area contributed by atoms with Gasteiger partial charge in [-0.05, 0) is 0 Å². The number of nitrogens with zero attached hydrogens (tertiary/aromatic N) is 2. The summed E-state index contributed by atoms with van der Waals surface area (Å²) in [7, 11) is 0. The predicted molar refractivity (Wildman–Crippen MR) is 52.6 cm³/mol. The van der Waals surface area contributed by atoms with Crippen LogP contribution in [0.15, 0.2) is 17.4 Å². The smallest absolute Gasteiger partial charge is 0.256 e. The maximum atomic E-state index is 12.0. The molecular formula is C9H11F3N2S. The molecule has 0 unspecified atom stereocenters. The third-order valence-electron chi connectivity index (χ3n) is 1.62. The minimum Gasteiger partial charge on any atom is -0.256 e. The lowest BCUT2D eigenvalue weighted by Crippen LogP contribution is -2.14. The third-order valence-corrected chi connectivity index (χ3v) is 2.27. The van der Waals surface area contributed by atoms with Crippen LogP contribution >= 0.6 is 11.8 Å². The summed E-state index contributed by atoms with van der Waals surface area (Å²) in [6.45, 7) is 5.77. The molecule has 1 rings (SSSR count). The Labute approximate surface area is 90.3 Å². The average molecular weight is 236 g/mol. The Morgan fingerprint density at radius 3 is 2.00 bits per heavy atom. The Morgan fingerprint density at radius 2 is 1.67 bits per heavy atom. The van der Waals surface area contributed by atoms with Crippen molar-refractivity contribution in [1.82, 2.24) is 9.97 Å². The number of alkyl halides is 3. The maximum Gasteiger partial charge on any atom is 0.447 e. The van der Waals surface area contributed by atoms with Gasteiger partial charge in [-0.1, -0.05) is 20.8 Å². The molecule has 0 aliphatic rings. The van der Waals surface area contributed by atoms with Crippen molar-refractivity contribution < 1.29 is 13.2 Å². The van der Waals surface area contributed by atoms with Crippen LogP contribution in [0, 0.1) is 0 Å². The molecule has 1 aromatic rings. The molecule has 0 aliphatic heterocycles. The van der Waals surface area contributed by atoms with Crippen molar-refractivity contribution in [3.8, 4) is 0 Å². The van der Waals surface area contributed by atoms with Crippen molar-refractivity contribution in [2.45, 2.75) is 36.7 Å². The minimum absolute atomic E-state index is 0.129. The SMILES string of the molecule is CC(C)(C)c1cnc(SC(F)(F)F)cn1. The second-order valence-electron chi connectivity index (χ2n) is 4.04. The summed E-state index contributed by atoms with van der Waals surface area (Å²) in [6, 6.07) is 0. The summed E-state index contributed by atoms with van der Waals surface area (Å²) < 4.78 is 35.9. The van der Waals surface area contributed by atoms with E-state index in [1.807, 2.05) is 20.8 Å². The van der Waals surface area contributed by atoms with Gasteiger partial charge in [0.25, 0.3) is 0 Å². The monoisotopic (exact) mass is 236 g/mol. The van der Waals surface area contributed by atoms with Gasteiger partial charge in [0.1, 0.15) is 5.03 Å². The molecule has 0 aromatic carbocycles. The van der Waals surface area contributed by atoms with Crippen molar-refractivity contribution in [3.05, 3.63) is 18.1 Å². The summed E-state index contributed by atoms with van der Waals surface area (Å²) >= 11 is -0.254. The quantitative estimate of drug-likeness (QED) is 0.699. The normalized spacial score (nSPS) is 12.9. The number of thioether (sulfide) groups is 1. The van der Waals surface area contributed by atoms with Crippen LogP contribution in [0.1, 0.15) is 26.5 Å². The molecule has 0 amide bonds. The zero-order valence-electron chi connectivity index (χ0n) is 8.59. The Hall–Kier alpha value is -0.780. The maximum absolute atomic E-state index is 12.0.